The van der Waals surface area contributed by atoms with Gasteiger partial charge in [-0.3, -0.25) is 4.79 Å². The van der Waals surface area contributed by atoms with Crippen LogP contribution in [0.25, 0.3) is 0 Å². The molecule has 1 aliphatic carbocycles. The zero-order valence-electron chi connectivity index (χ0n) is 8.24. The number of hydrogen-bond donors (Lipinski definition) is 1. The lowest BCUT2D eigenvalue weighted by Gasteiger charge is -2.10. The van der Waals surface area contributed by atoms with Crippen molar-refractivity contribution in [1.82, 2.24) is 4.98 Å². The molecule has 0 saturated carbocycles. The van der Waals surface area contributed by atoms with Crippen molar-refractivity contribution in [2.75, 3.05) is 0 Å². The highest BCUT2D eigenvalue weighted by atomic mass is 16.1. The number of aromatic nitrogens is 1. The maximum atomic E-state index is 11.7. The van der Waals surface area contributed by atoms with Crippen LogP contribution >= 0.6 is 0 Å². The number of aromatic amines is 1. The Morgan fingerprint density at radius 1 is 1.38 bits per heavy atom. The fourth-order valence-corrected chi connectivity index (χ4v) is 2.25. The van der Waals surface area contributed by atoms with Gasteiger partial charge in [0.1, 0.15) is 0 Å². The van der Waals surface area contributed by atoms with Crippen LogP contribution in [0.3, 0.4) is 0 Å². The molecule has 1 aromatic heterocycles. The third kappa shape index (κ3) is 1.21. The zero-order valence-corrected chi connectivity index (χ0v) is 8.24. The molecule has 0 aromatic carbocycles. The summed E-state index contributed by atoms with van der Waals surface area (Å²) in [4.78, 5) is 15.0. The van der Waals surface area contributed by atoms with Crippen LogP contribution in [-0.2, 0) is 12.8 Å². The SMILES string of the molecule is CCc1c(C)[nH]c2c1C(=O)CCC2. The van der Waals surface area contributed by atoms with Gasteiger partial charge >= 0.3 is 0 Å². The molecule has 13 heavy (non-hydrogen) atoms. The smallest absolute Gasteiger partial charge is 0.164 e. The fraction of sp³-hybridized carbons (Fsp3) is 0.545. The summed E-state index contributed by atoms with van der Waals surface area (Å²) >= 11 is 0. The number of fused-ring (bicyclic) bond motifs is 1. The highest BCUT2D eigenvalue weighted by Gasteiger charge is 2.23. The number of hydrogen-bond acceptors (Lipinski definition) is 1. The van der Waals surface area contributed by atoms with Crippen LogP contribution in [0.1, 0.15) is 47.1 Å². The minimum atomic E-state index is 0.336. The van der Waals surface area contributed by atoms with Crippen molar-refractivity contribution in [3.63, 3.8) is 0 Å². The molecule has 1 aromatic rings. The van der Waals surface area contributed by atoms with Gasteiger partial charge in [0.25, 0.3) is 0 Å². The second kappa shape index (κ2) is 3.02. The first kappa shape index (κ1) is 8.54. The van der Waals surface area contributed by atoms with Crippen molar-refractivity contribution in [2.45, 2.75) is 39.5 Å². The van der Waals surface area contributed by atoms with Crippen LogP contribution < -0.4 is 0 Å². The van der Waals surface area contributed by atoms with E-state index in [1.165, 1.54) is 17.0 Å². The predicted molar refractivity (Wildman–Crippen MR) is 52.2 cm³/mol. The Hall–Kier alpha value is -1.05. The highest BCUT2D eigenvalue weighted by Crippen LogP contribution is 2.26. The van der Waals surface area contributed by atoms with Crippen molar-refractivity contribution in [3.05, 3.63) is 22.5 Å². The summed E-state index contributed by atoms with van der Waals surface area (Å²) in [7, 11) is 0. The van der Waals surface area contributed by atoms with E-state index in [9.17, 15) is 4.79 Å². The Morgan fingerprint density at radius 3 is 2.85 bits per heavy atom. The Morgan fingerprint density at radius 2 is 2.15 bits per heavy atom. The second-order valence-electron chi connectivity index (χ2n) is 3.71. The molecule has 0 spiro atoms. The predicted octanol–water partition coefficient (Wildman–Crippen LogP) is 2.40. The van der Waals surface area contributed by atoms with E-state index in [-0.39, 0.29) is 0 Å². The van der Waals surface area contributed by atoms with Gasteiger partial charge in [0.2, 0.25) is 0 Å². The van der Waals surface area contributed by atoms with E-state index in [0.29, 0.717) is 5.78 Å². The average molecular weight is 177 g/mol. The number of rotatable bonds is 1. The molecule has 1 heterocycles. The molecule has 0 atom stereocenters. The van der Waals surface area contributed by atoms with Gasteiger partial charge in [0.15, 0.2) is 5.78 Å². The van der Waals surface area contributed by atoms with Crippen LogP contribution in [0.15, 0.2) is 0 Å². The maximum Gasteiger partial charge on any atom is 0.164 e. The number of aryl methyl sites for hydroxylation is 2. The van der Waals surface area contributed by atoms with Gasteiger partial charge in [0.05, 0.1) is 0 Å². The largest absolute Gasteiger partial charge is 0.362 e. The Labute approximate surface area is 78.4 Å². The van der Waals surface area contributed by atoms with E-state index >= 15 is 0 Å². The molecule has 2 rings (SSSR count). The normalized spacial score (nSPS) is 16.0. The van der Waals surface area contributed by atoms with Crippen molar-refractivity contribution in [2.24, 2.45) is 0 Å². The average Bonchev–Trinajstić information content (AvgIpc) is 2.42. The molecule has 0 fully saturated rings. The van der Waals surface area contributed by atoms with Crippen molar-refractivity contribution < 1.29 is 4.79 Å². The van der Waals surface area contributed by atoms with Crippen LogP contribution in [0.2, 0.25) is 0 Å². The van der Waals surface area contributed by atoms with Gasteiger partial charge in [0, 0.05) is 23.4 Å². The first-order valence-corrected chi connectivity index (χ1v) is 4.97. The molecule has 2 nitrogen and oxygen atoms in total. The van der Waals surface area contributed by atoms with Gasteiger partial charge in [-0.15, -0.1) is 0 Å². The van der Waals surface area contributed by atoms with Gasteiger partial charge in [-0.1, -0.05) is 6.92 Å². The first-order valence-electron chi connectivity index (χ1n) is 4.97. The number of Topliss-reactive ketones (excluding diaryl/α,β-unsaturated/α-hetero) is 1. The summed E-state index contributed by atoms with van der Waals surface area (Å²) in [5, 5.41) is 0. The summed E-state index contributed by atoms with van der Waals surface area (Å²) in [6.45, 7) is 4.17. The van der Waals surface area contributed by atoms with E-state index < -0.39 is 0 Å². The second-order valence-corrected chi connectivity index (χ2v) is 3.71. The Kier molecular flexibility index (Phi) is 1.98. The van der Waals surface area contributed by atoms with Crippen LogP contribution in [-0.4, -0.2) is 10.8 Å². The lowest BCUT2D eigenvalue weighted by atomic mass is 9.92. The van der Waals surface area contributed by atoms with E-state index in [4.69, 9.17) is 0 Å². The molecule has 1 N–H and O–H groups in total. The maximum absolute atomic E-state index is 11.7. The van der Waals surface area contributed by atoms with Crippen molar-refractivity contribution >= 4 is 5.78 Å². The van der Waals surface area contributed by atoms with Gasteiger partial charge < -0.3 is 4.98 Å². The first-order chi connectivity index (χ1) is 6.24. The number of nitrogens with one attached hydrogen (secondary N) is 1. The van der Waals surface area contributed by atoms with Crippen molar-refractivity contribution in [3.8, 4) is 0 Å². The van der Waals surface area contributed by atoms with Gasteiger partial charge in [-0.25, -0.2) is 0 Å². The lowest BCUT2D eigenvalue weighted by molar-refractivity contribution is 0.0971. The minimum Gasteiger partial charge on any atom is -0.362 e. The minimum absolute atomic E-state index is 0.336. The van der Waals surface area contributed by atoms with E-state index in [1.807, 2.05) is 0 Å². The quantitative estimate of drug-likeness (QED) is 0.702. The summed E-state index contributed by atoms with van der Waals surface area (Å²) in [5.74, 6) is 0.336. The Bertz CT molecular complexity index is 349. The molecule has 0 aliphatic heterocycles. The number of carbonyl (C=O) groups is 1. The van der Waals surface area contributed by atoms with E-state index in [2.05, 4.69) is 18.8 Å². The molecule has 0 radical (unpaired) electrons. The highest BCUT2D eigenvalue weighted by molar-refractivity contribution is 5.99. The van der Waals surface area contributed by atoms with Crippen LogP contribution in [0.4, 0.5) is 0 Å². The van der Waals surface area contributed by atoms with Gasteiger partial charge in [-0.05, 0) is 31.7 Å². The zero-order chi connectivity index (χ0) is 9.42. The standard InChI is InChI=1S/C11H15NO/c1-3-8-7(2)12-9-5-4-6-10(13)11(8)9/h12H,3-6H2,1-2H3. The van der Waals surface area contributed by atoms with Crippen LogP contribution in [0.5, 0.6) is 0 Å². The molecular weight excluding hydrogens is 162 g/mol. The monoisotopic (exact) mass is 177 g/mol. The van der Waals surface area contributed by atoms with Crippen molar-refractivity contribution in [1.29, 1.82) is 0 Å². The summed E-state index contributed by atoms with van der Waals surface area (Å²) in [5.41, 5.74) is 4.60. The topological polar surface area (TPSA) is 32.9 Å². The molecule has 70 valence electrons. The fourth-order valence-electron chi connectivity index (χ4n) is 2.25. The molecule has 0 unspecified atom stereocenters. The number of H-pyrrole nitrogens is 1. The lowest BCUT2D eigenvalue weighted by Crippen LogP contribution is -2.10. The molecule has 1 aliphatic rings. The molecule has 0 amide bonds. The molecule has 0 bridgehead atoms. The Balaban J connectivity index is 2.58. The summed E-state index contributed by atoms with van der Waals surface area (Å²) in [6, 6.07) is 0. The third-order valence-corrected chi connectivity index (χ3v) is 2.86. The molecule has 0 saturated heterocycles. The molecular formula is C11H15NO. The molecule has 2 heteroatoms. The number of carbonyl (C=O) groups excluding carboxylic acids is 1. The summed E-state index contributed by atoms with van der Waals surface area (Å²) in [6.07, 6.45) is 3.75. The van der Waals surface area contributed by atoms with Crippen LogP contribution in [0, 0.1) is 6.92 Å². The third-order valence-electron chi connectivity index (χ3n) is 2.86. The number of ketones is 1. The van der Waals surface area contributed by atoms with E-state index in [0.717, 1.165) is 31.2 Å². The van der Waals surface area contributed by atoms with Gasteiger partial charge in [-0.2, -0.15) is 0 Å². The van der Waals surface area contributed by atoms with E-state index in [1.54, 1.807) is 0 Å². The summed E-state index contributed by atoms with van der Waals surface area (Å²) < 4.78 is 0.